The lowest BCUT2D eigenvalue weighted by molar-refractivity contribution is 0.00782. The number of amides is 1. The van der Waals surface area contributed by atoms with Gasteiger partial charge in [0.25, 0.3) is 0 Å². The quantitative estimate of drug-likeness (QED) is 0.745. The Morgan fingerprint density at radius 2 is 1.88 bits per heavy atom. The van der Waals surface area contributed by atoms with Crippen LogP contribution in [-0.2, 0) is 4.74 Å². The molecule has 0 aliphatic carbocycles. The highest BCUT2D eigenvalue weighted by Crippen LogP contribution is 2.17. The molecule has 0 radical (unpaired) electrons. The van der Waals surface area contributed by atoms with Crippen LogP contribution in [0.25, 0.3) is 0 Å². The molecule has 0 aromatic carbocycles. The predicted octanol–water partition coefficient (Wildman–Crippen LogP) is 1.63. The van der Waals surface area contributed by atoms with Crippen LogP contribution in [0.4, 0.5) is 4.79 Å². The van der Waals surface area contributed by atoms with Gasteiger partial charge < -0.3 is 9.84 Å². The van der Waals surface area contributed by atoms with Gasteiger partial charge in [0.05, 0.1) is 6.61 Å². The van der Waals surface area contributed by atoms with E-state index in [1.54, 1.807) is 34.6 Å². The highest BCUT2D eigenvalue weighted by atomic mass is 16.6. The molecule has 0 bridgehead atoms. The maximum absolute atomic E-state index is 11.9. The Hall–Kier alpha value is -1.21. The summed E-state index contributed by atoms with van der Waals surface area (Å²) in [6, 6.07) is 0. The maximum Gasteiger partial charge on any atom is 0.411 e. The van der Waals surface area contributed by atoms with Crippen molar-refractivity contribution in [3.05, 3.63) is 0 Å². The molecule has 0 heterocycles. The number of nitrogens with zero attached hydrogens (tertiary/aromatic N) is 1. The summed E-state index contributed by atoms with van der Waals surface area (Å²) in [5, 5.41) is 8.92. The first kappa shape index (κ1) is 14.8. The van der Waals surface area contributed by atoms with Gasteiger partial charge in [0.15, 0.2) is 0 Å². The molecular weight excluding hydrogens is 206 g/mol. The van der Waals surface area contributed by atoms with Crippen LogP contribution in [-0.4, -0.2) is 40.4 Å². The summed E-state index contributed by atoms with van der Waals surface area (Å²) in [5.41, 5.74) is -1.35. The Morgan fingerprint density at radius 3 is 2.19 bits per heavy atom. The number of terminal acetylenes is 1. The number of rotatable bonds is 3. The monoisotopic (exact) mass is 227 g/mol. The minimum Gasteiger partial charge on any atom is -0.444 e. The lowest BCUT2D eigenvalue weighted by Crippen LogP contribution is -2.50. The first-order valence-corrected chi connectivity index (χ1v) is 5.23. The molecular formula is C12H21NO3. The Labute approximate surface area is 97.6 Å². The van der Waals surface area contributed by atoms with Crippen molar-refractivity contribution in [1.29, 1.82) is 0 Å². The zero-order valence-electron chi connectivity index (χ0n) is 10.7. The molecule has 0 aliphatic rings. The third-order valence-corrected chi connectivity index (χ3v) is 1.97. The van der Waals surface area contributed by atoms with Crippen LogP contribution in [0.15, 0.2) is 0 Å². The molecule has 0 spiro atoms. The fourth-order valence-corrected chi connectivity index (χ4v) is 1.09. The molecule has 0 unspecified atom stereocenters. The van der Waals surface area contributed by atoms with Gasteiger partial charge in [-0.1, -0.05) is 5.92 Å². The van der Waals surface area contributed by atoms with Crippen LogP contribution >= 0.6 is 0 Å². The lowest BCUT2D eigenvalue weighted by atomic mass is 10.1. The molecule has 1 amide bonds. The third kappa shape index (κ3) is 4.54. The molecule has 1 N–H and O–H groups in total. The van der Waals surface area contributed by atoms with Crippen molar-refractivity contribution in [3.63, 3.8) is 0 Å². The lowest BCUT2D eigenvalue weighted by Gasteiger charge is -2.35. The van der Waals surface area contributed by atoms with Crippen LogP contribution < -0.4 is 0 Å². The SMILES string of the molecule is C#CC(C)(C)N(CCO)C(=O)OC(C)(C)C. The first-order valence-electron chi connectivity index (χ1n) is 5.23. The molecule has 0 aliphatic heterocycles. The van der Waals surface area contributed by atoms with Crippen LogP contribution in [0.2, 0.25) is 0 Å². The van der Waals surface area contributed by atoms with E-state index >= 15 is 0 Å². The molecule has 4 heteroatoms. The Kier molecular flexibility index (Phi) is 4.82. The number of hydrogen-bond acceptors (Lipinski definition) is 3. The molecule has 0 saturated heterocycles. The molecule has 0 aromatic rings. The fraction of sp³-hybridized carbons (Fsp3) is 0.750. The summed E-state index contributed by atoms with van der Waals surface area (Å²) in [6.45, 7) is 8.82. The summed E-state index contributed by atoms with van der Waals surface area (Å²) in [5.74, 6) is 2.51. The minimum absolute atomic E-state index is 0.148. The predicted molar refractivity (Wildman–Crippen MR) is 62.9 cm³/mol. The Bertz CT molecular complexity index is 284. The smallest absolute Gasteiger partial charge is 0.411 e. The van der Waals surface area contributed by atoms with Crippen LogP contribution in [0.5, 0.6) is 0 Å². The van der Waals surface area contributed by atoms with E-state index in [4.69, 9.17) is 16.3 Å². The molecule has 0 fully saturated rings. The van der Waals surface area contributed by atoms with Crippen molar-refractivity contribution in [3.8, 4) is 12.3 Å². The van der Waals surface area contributed by atoms with Crippen molar-refractivity contribution >= 4 is 6.09 Å². The average Bonchev–Trinajstić information content (AvgIpc) is 2.10. The summed E-state index contributed by atoms with van der Waals surface area (Å²) >= 11 is 0. The molecule has 0 rings (SSSR count). The molecule has 0 aromatic heterocycles. The van der Waals surface area contributed by atoms with Gasteiger partial charge >= 0.3 is 6.09 Å². The van der Waals surface area contributed by atoms with Crippen molar-refractivity contribution in [1.82, 2.24) is 4.90 Å². The standard InChI is InChI=1S/C12H21NO3/c1-7-12(5,6)13(8-9-14)10(15)16-11(2,3)4/h1,14H,8-9H2,2-6H3. The van der Waals surface area contributed by atoms with E-state index in [1.807, 2.05) is 0 Å². The van der Waals surface area contributed by atoms with Crippen molar-refractivity contribution < 1.29 is 14.6 Å². The molecule has 16 heavy (non-hydrogen) atoms. The maximum atomic E-state index is 11.9. The van der Waals surface area contributed by atoms with Gasteiger partial charge in [-0.25, -0.2) is 4.79 Å². The topological polar surface area (TPSA) is 49.8 Å². The zero-order chi connectivity index (χ0) is 13.0. The molecule has 0 saturated carbocycles. The normalized spacial score (nSPS) is 11.8. The highest BCUT2D eigenvalue weighted by molar-refractivity contribution is 5.69. The number of β-amino-alcohol motifs (C(OH)–C–C–N with tert-alkyl or cyclic N) is 1. The van der Waals surface area contributed by atoms with Crippen LogP contribution in [0.3, 0.4) is 0 Å². The van der Waals surface area contributed by atoms with Gasteiger partial charge in [0, 0.05) is 6.54 Å². The summed E-state index contributed by atoms with van der Waals surface area (Å²) in [6.07, 6.45) is 4.85. The van der Waals surface area contributed by atoms with Gasteiger partial charge in [0.1, 0.15) is 11.1 Å². The fourth-order valence-electron chi connectivity index (χ4n) is 1.09. The van der Waals surface area contributed by atoms with Crippen LogP contribution in [0, 0.1) is 12.3 Å². The van der Waals surface area contributed by atoms with Gasteiger partial charge in [-0.3, -0.25) is 4.90 Å². The van der Waals surface area contributed by atoms with Crippen molar-refractivity contribution in [2.24, 2.45) is 0 Å². The molecule has 92 valence electrons. The number of aliphatic hydroxyl groups is 1. The van der Waals surface area contributed by atoms with E-state index < -0.39 is 17.2 Å². The second kappa shape index (κ2) is 5.22. The van der Waals surface area contributed by atoms with E-state index in [0.29, 0.717) is 0 Å². The van der Waals surface area contributed by atoms with E-state index in [9.17, 15) is 4.79 Å². The first-order chi connectivity index (χ1) is 7.14. The molecule has 4 nitrogen and oxygen atoms in total. The third-order valence-electron chi connectivity index (χ3n) is 1.97. The number of hydrogen-bond donors (Lipinski definition) is 1. The Morgan fingerprint density at radius 1 is 1.38 bits per heavy atom. The highest BCUT2D eigenvalue weighted by Gasteiger charge is 2.32. The van der Waals surface area contributed by atoms with Crippen LogP contribution in [0.1, 0.15) is 34.6 Å². The number of aliphatic hydroxyl groups excluding tert-OH is 1. The second-order valence-corrected chi connectivity index (χ2v) is 5.06. The number of ether oxygens (including phenoxy) is 1. The largest absolute Gasteiger partial charge is 0.444 e. The van der Waals surface area contributed by atoms with E-state index in [2.05, 4.69) is 5.92 Å². The minimum atomic E-state index is -0.773. The van der Waals surface area contributed by atoms with Crippen molar-refractivity contribution in [2.75, 3.05) is 13.2 Å². The van der Waals surface area contributed by atoms with Crippen molar-refractivity contribution in [2.45, 2.75) is 45.8 Å². The second-order valence-electron chi connectivity index (χ2n) is 5.06. The molecule has 0 atom stereocenters. The number of carbonyl (C=O) groups is 1. The Balaban J connectivity index is 4.82. The van der Waals surface area contributed by atoms with E-state index in [1.165, 1.54) is 4.90 Å². The zero-order valence-corrected chi connectivity index (χ0v) is 10.7. The van der Waals surface area contributed by atoms with E-state index in [0.717, 1.165) is 0 Å². The number of carbonyl (C=O) groups excluding carboxylic acids is 1. The summed E-state index contributed by atoms with van der Waals surface area (Å²) in [4.78, 5) is 13.2. The average molecular weight is 227 g/mol. The summed E-state index contributed by atoms with van der Waals surface area (Å²) in [7, 11) is 0. The van der Waals surface area contributed by atoms with Gasteiger partial charge in [0.2, 0.25) is 0 Å². The van der Waals surface area contributed by atoms with Gasteiger partial charge in [-0.2, -0.15) is 0 Å². The van der Waals surface area contributed by atoms with Gasteiger partial charge in [-0.15, -0.1) is 6.42 Å². The van der Waals surface area contributed by atoms with E-state index in [-0.39, 0.29) is 13.2 Å². The summed E-state index contributed by atoms with van der Waals surface area (Å²) < 4.78 is 5.22. The van der Waals surface area contributed by atoms with Gasteiger partial charge in [-0.05, 0) is 34.6 Å².